The minimum Gasteiger partial charge on any atom is -0.490 e. The Morgan fingerprint density at radius 2 is 1.95 bits per heavy atom. The summed E-state index contributed by atoms with van der Waals surface area (Å²) >= 11 is 0. The molecule has 0 amide bonds. The molecule has 0 bridgehead atoms. The number of nitro benzene ring substituents is 1. The fourth-order valence-electron chi connectivity index (χ4n) is 1.56. The number of benzene rings is 1. The lowest BCUT2D eigenvalue weighted by atomic mass is 9.94. The Bertz CT molecular complexity index is 481. The van der Waals surface area contributed by atoms with Gasteiger partial charge in [0.1, 0.15) is 12.4 Å². The molecule has 5 nitrogen and oxygen atoms in total. The summed E-state index contributed by atoms with van der Waals surface area (Å²) in [6.07, 6.45) is 0. The van der Waals surface area contributed by atoms with E-state index in [0.29, 0.717) is 11.3 Å². The molecule has 0 aliphatic rings. The van der Waals surface area contributed by atoms with Crippen molar-refractivity contribution in [3.63, 3.8) is 0 Å². The van der Waals surface area contributed by atoms with Gasteiger partial charge in [0.05, 0.1) is 16.6 Å². The van der Waals surface area contributed by atoms with Crippen molar-refractivity contribution in [1.82, 2.24) is 0 Å². The molecule has 19 heavy (non-hydrogen) atoms. The van der Waals surface area contributed by atoms with Crippen LogP contribution >= 0.6 is 0 Å². The molecule has 106 valence electrons. The van der Waals surface area contributed by atoms with Crippen LogP contribution in [-0.2, 0) is 0 Å². The summed E-state index contributed by atoms with van der Waals surface area (Å²) in [6.45, 7) is 9.11. The van der Waals surface area contributed by atoms with Crippen LogP contribution in [0, 0.1) is 29.9 Å². The van der Waals surface area contributed by atoms with E-state index in [-0.39, 0.29) is 18.2 Å². The lowest BCUT2D eigenvalue weighted by Gasteiger charge is -2.27. The van der Waals surface area contributed by atoms with E-state index in [1.165, 1.54) is 6.07 Å². The number of hydrogen-bond acceptors (Lipinski definition) is 4. The summed E-state index contributed by atoms with van der Waals surface area (Å²) in [4.78, 5) is 10.5. The molecular formula is C14H21NO4. The number of aliphatic hydroxyl groups is 1. The van der Waals surface area contributed by atoms with Crippen molar-refractivity contribution < 1.29 is 14.8 Å². The average molecular weight is 267 g/mol. The number of nitro groups is 1. The minimum absolute atomic E-state index is 0.0322. The van der Waals surface area contributed by atoms with Gasteiger partial charge in [0, 0.05) is 5.56 Å². The Balaban J connectivity index is 2.96. The highest BCUT2D eigenvalue weighted by Crippen LogP contribution is 2.29. The zero-order valence-corrected chi connectivity index (χ0v) is 12.1. The fraction of sp³-hybridized carbons (Fsp3) is 0.571. The van der Waals surface area contributed by atoms with Gasteiger partial charge in [-0.05, 0) is 38.3 Å². The smallest absolute Gasteiger partial charge is 0.276 e. The zero-order valence-electron chi connectivity index (χ0n) is 12.1. The van der Waals surface area contributed by atoms with E-state index in [1.54, 1.807) is 19.9 Å². The number of aryl methyl sites for hydroxylation is 2. The maximum Gasteiger partial charge on any atom is 0.276 e. The van der Waals surface area contributed by atoms with Crippen LogP contribution in [0.4, 0.5) is 5.69 Å². The number of rotatable bonds is 5. The molecule has 0 aliphatic carbocycles. The molecule has 0 fully saturated rings. The van der Waals surface area contributed by atoms with Crippen LogP contribution in [-0.4, -0.2) is 22.2 Å². The molecule has 0 saturated heterocycles. The monoisotopic (exact) mass is 267 g/mol. The SMILES string of the molecule is Cc1cc(C)c([N+](=O)[O-])cc1OCC(C)(O)C(C)C. The summed E-state index contributed by atoms with van der Waals surface area (Å²) in [6, 6.07) is 3.14. The first-order valence-corrected chi connectivity index (χ1v) is 6.26. The lowest BCUT2D eigenvalue weighted by Crippen LogP contribution is -2.37. The third-order valence-electron chi connectivity index (χ3n) is 3.45. The van der Waals surface area contributed by atoms with Gasteiger partial charge in [-0.2, -0.15) is 0 Å². The maximum atomic E-state index is 10.9. The van der Waals surface area contributed by atoms with Gasteiger partial charge in [-0.25, -0.2) is 0 Å². The van der Waals surface area contributed by atoms with E-state index in [0.717, 1.165) is 5.56 Å². The summed E-state index contributed by atoms with van der Waals surface area (Å²) in [5.74, 6) is 0.478. The van der Waals surface area contributed by atoms with E-state index in [9.17, 15) is 15.2 Å². The molecule has 0 spiro atoms. The maximum absolute atomic E-state index is 10.9. The molecule has 0 aliphatic heterocycles. The highest BCUT2D eigenvalue weighted by Gasteiger charge is 2.26. The normalized spacial score (nSPS) is 14.3. The molecule has 1 rings (SSSR count). The van der Waals surface area contributed by atoms with Crippen LogP contribution in [0.3, 0.4) is 0 Å². The molecular weight excluding hydrogens is 246 g/mol. The predicted molar refractivity (Wildman–Crippen MR) is 73.5 cm³/mol. The van der Waals surface area contributed by atoms with E-state index in [2.05, 4.69) is 0 Å². The Labute approximate surface area is 113 Å². The van der Waals surface area contributed by atoms with Crippen molar-refractivity contribution in [3.05, 3.63) is 33.4 Å². The minimum atomic E-state index is -0.966. The van der Waals surface area contributed by atoms with Gasteiger partial charge in [0.25, 0.3) is 5.69 Å². The Morgan fingerprint density at radius 3 is 2.42 bits per heavy atom. The molecule has 1 N–H and O–H groups in total. The van der Waals surface area contributed by atoms with Crippen molar-refractivity contribution in [2.24, 2.45) is 5.92 Å². The predicted octanol–water partition coefficient (Wildman–Crippen LogP) is 3.00. The van der Waals surface area contributed by atoms with Crippen molar-refractivity contribution in [2.75, 3.05) is 6.61 Å². The van der Waals surface area contributed by atoms with Crippen LogP contribution in [0.5, 0.6) is 5.75 Å². The molecule has 0 aromatic heterocycles. The quantitative estimate of drug-likeness (QED) is 0.657. The first kappa shape index (κ1) is 15.4. The molecule has 1 aromatic carbocycles. The summed E-state index contributed by atoms with van der Waals surface area (Å²) in [7, 11) is 0. The van der Waals surface area contributed by atoms with Crippen LogP contribution < -0.4 is 4.74 Å². The van der Waals surface area contributed by atoms with Crippen LogP contribution in [0.25, 0.3) is 0 Å². The topological polar surface area (TPSA) is 72.6 Å². The molecule has 0 heterocycles. The highest BCUT2D eigenvalue weighted by atomic mass is 16.6. The summed E-state index contributed by atoms with van der Waals surface area (Å²) in [5.41, 5.74) is 0.490. The first-order chi connectivity index (χ1) is 8.65. The first-order valence-electron chi connectivity index (χ1n) is 6.26. The third kappa shape index (κ3) is 3.67. The van der Waals surface area contributed by atoms with Crippen molar-refractivity contribution in [1.29, 1.82) is 0 Å². The summed E-state index contributed by atoms with van der Waals surface area (Å²) in [5, 5.41) is 21.0. The Kier molecular flexibility index (Phi) is 4.52. The molecule has 1 unspecified atom stereocenters. The van der Waals surface area contributed by atoms with E-state index in [1.807, 2.05) is 20.8 Å². The van der Waals surface area contributed by atoms with Gasteiger partial charge < -0.3 is 9.84 Å². The largest absolute Gasteiger partial charge is 0.490 e. The van der Waals surface area contributed by atoms with Crippen LogP contribution in [0.2, 0.25) is 0 Å². The number of nitrogens with zero attached hydrogens (tertiary/aromatic N) is 1. The third-order valence-corrected chi connectivity index (χ3v) is 3.45. The number of ether oxygens (including phenoxy) is 1. The van der Waals surface area contributed by atoms with Gasteiger partial charge in [-0.15, -0.1) is 0 Å². The van der Waals surface area contributed by atoms with E-state index in [4.69, 9.17) is 4.74 Å². The molecule has 5 heteroatoms. The standard InChI is InChI=1S/C14H21NO4/c1-9(2)14(5,16)8-19-13-7-12(15(17)18)10(3)6-11(13)4/h6-7,9,16H,8H2,1-5H3. The second-order valence-electron chi connectivity index (χ2n) is 5.46. The van der Waals surface area contributed by atoms with Crippen molar-refractivity contribution in [2.45, 2.75) is 40.2 Å². The van der Waals surface area contributed by atoms with Gasteiger partial charge in [0.2, 0.25) is 0 Å². The van der Waals surface area contributed by atoms with E-state index < -0.39 is 10.5 Å². The second kappa shape index (κ2) is 5.57. The van der Waals surface area contributed by atoms with Gasteiger partial charge in [-0.1, -0.05) is 13.8 Å². The fourth-order valence-corrected chi connectivity index (χ4v) is 1.56. The Morgan fingerprint density at radius 1 is 1.37 bits per heavy atom. The molecule has 0 saturated carbocycles. The summed E-state index contributed by atoms with van der Waals surface area (Å²) < 4.78 is 5.55. The van der Waals surface area contributed by atoms with Crippen LogP contribution in [0.1, 0.15) is 31.9 Å². The van der Waals surface area contributed by atoms with E-state index >= 15 is 0 Å². The lowest BCUT2D eigenvalue weighted by molar-refractivity contribution is -0.385. The van der Waals surface area contributed by atoms with Gasteiger partial charge in [-0.3, -0.25) is 10.1 Å². The Hall–Kier alpha value is -1.62. The van der Waals surface area contributed by atoms with Crippen molar-refractivity contribution in [3.8, 4) is 5.75 Å². The molecule has 1 atom stereocenters. The van der Waals surface area contributed by atoms with Crippen LogP contribution in [0.15, 0.2) is 12.1 Å². The van der Waals surface area contributed by atoms with Crippen molar-refractivity contribution >= 4 is 5.69 Å². The highest BCUT2D eigenvalue weighted by molar-refractivity contribution is 5.49. The number of hydrogen-bond donors (Lipinski definition) is 1. The molecule has 0 radical (unpaired) electrons. The van der Waals surface area contributed by atoms with Gasteiger partial charge >= 0.3 is 0 Å². The van der Waals surface area contributed by atoms with Gasteiger partial charge in [0.15, 0.2) is 0 Å². The zero-order chi connectivity index (χ0) is 14.8. The molecule has 1 aromatic rings. The second-order valence-corrected chi connectivity index (χ2v) is 5.46. The average Bonchev–Trinajstić information content (AvgIpc) is 2.27.